The molecule has 13 heavy (non-hydrogen) atoms. The van der Waals surface area contributed by atoms with Crippen LogP contribution in [-0.4, -0.2) is 19.3 Å². The highest BCUT2D eigenvalue weighted by Crippen LogP contribution is 2.15. The van der Waals surface area contributed by atoms with Gasteiger partial charge in [0.25, 0.3) is 0 Å². The maximum absolute atomic E-state index is 12.0. The number of carbonyl (C=O) groups is 1. The van der Waals surface area contributed by atoms with Gasteiger partial charge >= 0.3 is 6.43 Å². The first kappa shape index (κ1) is 9.64. The van der Waals surface area contributed by atoms with Crippen LogP contribution in [0.2, 0.25) is 0 Å². The lowest BCUT2D eigenvalue weighted by Crippen LogP contribution is -2.09. The number of rotatable bonds is 3. The summed E-state index contributed by atoms with van der Waals surface area (Å²) < 4.78 is 28.7. The molecule has 0 radical (unpaired) electrons. The van der Waals surface area contributed by atoms with E-state index in [1.54, 1.807) is 6.07 Å². The van der Waals surface area contributed by atoms with Gasteiger partial charge in [0.2, 0.25) is 5.78 Å². The second kappa shape index (κ2) is 3.98. The van der Waals surface area contributed by atoms with Gasteiger partial charge in [0.15, 0.2) is 0 Å². The molecule has 0 aliphatic carbocycles. The van der Waals surface area contributed by atoms with Crippen LogP contribution in [0.3, 0.4) is 0 Å². The van der Waals surface area contributed by atoms with E-state index in [-0.39, 0.29) is 5.56 Å². The Balaban J connectivity index is 2.95. The summed E-state index contributed by atoms with van der Waals surface area (Å²) in [6.07, 6.45) is -2.97. The minimum absolute atomic E-state index is 0.0330. The lowest BCUT2D eigenvalue weighted by molar-refractivity contribution is 0.0678. The van der Waals surface area contributed by atoms with Crippen LogP contribution in [0.15, 0.2) is 24.3 Å². The van der Waals surface area contributed by atoms with E-state index in [4.69, 9.17) is 4.74 Å². The van der Waals surface area contributed by atoms with Crippen molar-refractivity contribution in [1.82, 2.24) is 0 Å². The summed E-state index contributed by atoms with van der Waals surface area (Å²) in [6, 6.07) is 5.70. The first-order valence-electron chi connectivity index (χ1n) is 3.61. The van der Waals surface area contributed by atoms with Crippen molar-refractivity contribution in [3.05, 3.63) is 29.8 Å². The number of hydrogen-bond donors (Lipinski definition) is 0. The molecule has 0 aromatic heterocycles. The maximum Gasteiger partial charge on any atom is 0.300 e. The van der Waals surface area contributed by atoms with Crippen LogP contribution in [0.5, 0.6) is 5.75 Å². The van der Waals surface area contributed by atoms with Crippen molar-refractivity contribution >= 4 is 5.78 Å². The second-order valence-corrected chi connectivity index (χ2v) is 2.40. The van der Waals surface area contributed by atoms with E-state index in [0.29, 0.717) is 5.75 Å². The predicted molar refractivity (Wildman–Crippen MR) is 43.3 cm³/mol. The topological polar surface area (TPSA) is 26.3 Å². The number of ether oxygens (including phenoxy) is 1. The molecule has 0 fully saturated rings. The molecule has 0 aliphatic rings. The first-order chi connectivity index (χ1) is 6.15. The minimum Gasteiger partial charge on any atom is -0.497 e. The maximum atomic E-state index is 12.0. The molecule has 70 valence electrons. The number of Topliss-reactive ketones (excluding diaryl/α,β-unsaturated/α-hetero) is 1. The summed E-state index contributed by atoms with van der Waals surface area (Å²) in [4.78, 5) is 10.8. The third kappa shape index (κ3) is 2.24. The zero-order valence-corrected chi connectivity index (χ0v) is 6.96. The van der Waals surface area contributed by atoms with Crippen LogP contribution in [0.4, 0.5) is 8.78 Å². The normalized spacial score (nSPS) is 10.2. The van der Waals surface area contributed by atoms with Gasteiger partial charge in [-0.3, -0.25) is 4.79 Å². The molecule has 1 aromatic rings. The van der Waals surface area contributed by atoms with Crippen molar-refractivity contribution < 1.29 is 18.3 Å². The molecule has 0 saturated heterocycles. The Labute approximate surface area is 74.1 Å². The molecule has 0 bridgehead atoms. The van der Waals surface area contributed by atoms with E-state index in [2.05, 4.69) is 0 Å². The molecule has 0 unspecified atom stereocenters. The number of halogens is 2. The fourth-order valence-electron chi connectivity index (χ4n) is 0.902. The van der Waals surface area contributed by atoms with Crippen molar-refractivity contribution in [2.45, 2.75) is 6.43 Å². The van der Waals surface area contributed by atoms with E-state index in [9.17, 15) is 13.6 Å². The first-order valence-corrected chi connectivity index (χ1v) is 3.61. The molecular formula is C9H8F2O2. The monoisotopic (exact) mass is 186 g/mol. The lowest BCUT2D eigenvalue weighted by Gasteiger charge is -2.02. The fraction of sp³-hybridized carbons (Fsp3) is 0.222. The minimum atomic E-state index is -2.97. The van der Waals surface area contributed by atoms with Crippen molar-refractivity contribution in [3.8, 4) is 5.75 Å². The average Bonchev–Trinajstić information content (AvgIpc) is 2.16. The molecule has 1 rings (SSSR count). The van der Waals surface area contributed by atoms with Gasteiger partial charge in [-0.1, -0.05) is 12.1 Å². The summed E-state index contributed by atoms with van der Waals surface area (Å²) >= 11 is 0. The van der Waals surface area contributed by atoms with Crippen LogP contribution in [0.25, 0.3) is 0 Å². The Bertz CT molecular complexity index is 310. The van der Waals surface area contributed by atoms with Crippen molar-refractivity contribution in [2.75, 3.05) is 7.11 Å². The van der Waals surface area contributed by atoms with Gasteiger partial charge in [0.1, 0.15) is 5.75 Å². The summed E-state index contributed by atoms with van der Waals surface area (Å²) in [5.74, 6) is -0.787. The summed E-state index contributed by atoms with van der Waals surface area (Å²) in [7, 11) is 1.41. The average molecular weight is 186 g/mol. The number of ketones is 1. The third-order valence-electron chi connectivity index (χ3n) is 1.55. The van der Waals surface area contributed by atoms with Crippen LogP contribution in [0.1, 0.15) is 10.4 Å². The van der Waals surface area contributed by atoms with Gasteiger partial charge in [-0.2, -0.15) is 0 Å². The molecular weight excluding hydrogens is 178 g/mol. The summed E-state index contributed by atoms with van der Waals surface area (Å²) in [5, 5.41) is 0. The molecule has 0 heterocycles. The SMILES string of the molecule is COc1cccc(C(=O)C(F)F)c1. The van der Waals surface area contributed by atoms with Crippen LogP contribution in [0, 0.1) is 0 Å². The standard InChI is InChI=1S/C9H8F2O2/c1-13-7-4-2-3-6(5-7)8(12)9(10)11/h2-5,9H,1H3. The Hall–Kier alpha value is -1.45. The van der Waals surface area contributed by atoms with Crippen LogP contribution >= 0.6 is 0 Å². The zero-order chi connectivity index (χ0) is 9.84. The highest BCUT2D eigenvalue weighted by Gasteiger charge is 2.17. The zero-order valence-electron chi connectivity index (χ0n) is 6.96. The summed E-state index contributed by atoms with van der Waals surface area (Å²) in [6.45, 7) is 0. The van der Waals surface area contributed by atoms with Crippen molar-refractivity contribution in [1.29, 1.82) is 0 Å². The van der Waals surface area contributed by atoms with Crippen LogP contribution in [-0.2, 0) is 0 Å². The molecule has 0 spiro atoms. The predicted octanol–water partition coefficient (Wildman–Crippen LogP) is 2.14. The number of methoxy groups -OCH3 is 1. The Morgan fingerprint density at radius 2 is 2.15 bits per heavy atom. The van der Waals surface area contributed by atoms with Gasteiger partial charge in [-0.25, -0.2) is 8.78 Å². The van der Waals surface area contributed by atoms with Gasteiger partial charge in [-0.05, 0) is 12.1 Å². The second-order valence-electron chi connectivity index (χ2n) is 2.40. The molecule has 0 atom stereocenters. The summed E-state index contributed by atoms with van der Waals surface area (Å²) in [5.41, 5.74) is -0.0330. The third-order valence-corrected chi connectivity index (χ3v) is 1.55. The van der Waals surface area contributed by atoms with Gasteiger partial charge in [-0.15, -0.1) is 0 Å². The number of carbonyl (C=O) groups excluding carboxylic acids is 1. The molecule has 0 amide bonds. The molecule has 1 aromatic carbocycles. The van der Waals surface area contributed by atoms with E-state index in [1.165, 1.54) is 25.3 Å². The van der Waals surface area contributed by atoms with E-state index in [0.717, 1.165) is 0 Å². The quantitative estimate of drug-likeness (QED) is 0.676. The largest absolute Gasteiger partial charge is 0.497 e. The lowest BCUT2D eigenvalue weighted by atomic mass is 10.1. The van der Waals surface area contributed by atoms with Crippen molar-refractivity contribution in [3.63, 3.8) is 0 Å². The van der Waals surface area contributed by atoms with Crippen molar-refractivity contribution in [2.24, 2.45) is 0 Å². The van der Waals surface area contributed by atoms with Gasteiger partial charge in [0.05, 0.1) is 7.11 Å². The van der Waals surface area contributed by atoms with Gasteiger partial charge in [0, 0.05) is 5.56 Å². The smallest absolute Gasteiger partial charge is 0.300 e. The Kier molecular flexibility index (Phi) is 2.95. The molecule has 2 nitrogen and oxygen atoms in total. The Morgan fingerprint density at radius 1 is 1.46 bits per heavy atom. The van der Waals surface area contributed by atoms with Crippen LogP contribution < -0.4 is 4.74 Å². The molecule has 0 aliphatic heterocycles. The fourth-order valence-corrected chi connectivity index (χ4v) is 0.902. The molecule has 4 heteroatoms. The van der Waals surface area contributed by atoms with E-state index in [1.807, 2.05) is 0 Å². The molecule has 0 saturated carbocycles. The van der Waals surface area contributed by atoms with E-state index < -0.39 is 12.2 Å². The molecule has 0 N–H and O–H groups in total. The highest BCUT2D eigenvalue weighted by molar-refractivity contribution is 5.98. The highest BCUT2D eigenvalue weighted by atomic mass is 19.3. The number of hydrogen-bond acceptors (Lipinski definition) is 2. The number of alkyl halides is 2. The van der Waals surface area contributed by atoms with E-state index >= 15 is 0 Å². The number of benzene rings is 1. The van der Waals surface area contributed by atoms with Gasteiger partial charge < -0.3 is 4.74 Å². The Morgan fingerprint density at radius 3 is 2.69 bits per heavy atom.